The fraction of sp³-hybridized carbons (Fsp3) is 0.400. The van der Waals surface area contributed by atoms with E-state index in [2.05, 4.69) is 10.1 Å². The van der Waals surface area contributed by atoms with Crippen LogP contribution in [0.1, 0.15) is 19.4 Å². The van der Waals surface area contributed by atoms with E-state index in [0.717, 1.165) is 0 Å². The Hall–Kier alpha value is -2.44. The van der Waals surface area contributed by atoms with Gasteiger partial charge in [-0.05, 0) is 37.6 Å². The summed E-state index contributed by atoms with van der Waals surface area (Å²) in [6.45, 7) is 2.81. The van der Waals surface area contributed by atoms with Crippen molar-refractivity contribution in [3.8, 4) is 5.75 Å². The lowest BCUT2D eigenvalue weighted by molar-refractivity contribution is -0.133. The predicted molar refractivity (Wildman–Crippen MR) is 78.9 cm³/mol. The topological polar surface area (TPSA) is 60.2 Å². The molecule has 0 saturated carbocycles. The van der Waals surface area contributed by atoms with Crippen LogP contribution in [-0.4, -0.2) is 45.8 Å². The molecule has 2 rings (SSSR count). The largest absolute Gasteiger partial charge is 0.494 e. The second-order valence-electron chi connectivity index (χ2n) is 4.97. The summed E-state index contributed by atoms with van der Waals surface area (Å²) in [5.74, 6) is 0.290. The normalized spacial score (nSPS) is 12.0. The Kier molecular flexibility index (Phi) is 5.46. The van der Waals surface area contributed by atoms with Crippen molar-refractivity contribution in [2.45, 2.75) is 19.4 Å². The molecule has 1 atom stereocenters. The molecule has 118 valence electrons. The molecule has 0 aliphatic heterocycles. The van der Waals surface area contributed by atoms with Crippen LogP contribution in [0.3, 0.4) is 0 Å². The Morgan fingerprint density at radius 3 is 2.77 bits per heavy atom. The first-order valence-corrected chi connectivity index (χ1v) is 7.05. The number of benzene rings is 1. The molecule has 7 heteroatoms. The molecule has 0 aliphatic rings. The Morgan fingerprint density at radius 1 is 1.41 bits per heavy atom. The smallest absolute Gasteiger partial charge is 0.246 e. The number of likely N-dealkylation sites (N-methyl/N-ethyl adjacent to an activating group) is 1. The summed E-state index contributed by atoms with van der Waals surface area (Å²) >= 11 is 0. The number of hydrogen-bond donors (Lipinski definition) is 0. The zero-order chi connectivity index (χ0) is 15.9. The lowest BCUT2D eigenvalue weighted by atomic mass is 10.3. The summed E-state index contributed by atoms with van der Waals surface area (Å²) in [5, 5.41) is 3.97. The van der Waals surface area contributed by atoms with Crippen LogP contribution in [0.15, 0.2) is 36.9 Å². The number of ether oxygens (including phenoxy) is 1. The van der Waals surface area contributed by atoms with Crippen LogP contribution in [0.25, 0.3) is 0 Å². The molecule has 1 aromatic heterocycles. The van der Waals surface area contributed by atoms with Crippen molar-refractivity contribution in [1.82, 2.24) is 19.7 Å². The van der Waals surface area contributed by atoms with E-state index in [1.54, 1.807) is 31.0 Å². The lowest BCUT2D eigenvalue weighted by Gasteiger charge is -2.21. The van der Waals surface area contributed by atoms with Gasteiger partial charge in [0.05, 0.1) is 6.61 Å². The third-order valence-corrected chi connectivity index (χ3v) is 3.29. The summed E-state index contributed by atoms with van der Waals surface area (Å²) in [6.07, 6.45) is 3.61. The summed E-state index contributed by atoms with van der Waals surface area (Å²) in [7, 11) is 1.74. The van der Waals surface area contributed by atoms with Gasteiger partial charge in [-0.3, -0.25) is 4.79 Å². The van der Waals surface area contributed by atoms with Gasteiger partial charge in [-0.1, -0.05) is 0 Å². The summed E-state index contributed by atoms with van der Waals surface area (Å²) in [5.41, 5.74) is 0. The first kappa shape index (κ1) is 15.9. The quantitative estimate of drug-likeness (QED) is 0.733. The predicted octanol–water partition coefficient (Wildman–Crippen LogP) is 1.91. The van der Waals surface area contributed by atoms with Crippen molar-refractivity contribution in [2.24, 2.45) is 0 Å². The van der Waals surface area contributed by atoms with Gasteiger partial charge in [0.1, 0.15) is 30.3 Å². The van der Waals surface area contributed by atoms with Crippen LogP contribution in [0.2, 0.25) is 0 Å². The van der Waals surface area contributed by atoms with Crippen molar-refractivity contribution >= 4 is 5.91 Å². The maximum absolute atomic E-state index is 12.8. The molecular formula is C15H19FN4O2. The van der Waals surface area contributed by atoms with Gasteiger partial charge in [0.15, 0.2) is 0 Å². The minimum absolute atomic E-state index is 0.0349. The number of rotatable bonds is 7. The first-order chi connectivity index (χ1) is 10.6. The Labute approximate surface area is 128 Å². The van der Waals surface area contributed by atoms with Gasteiger partial charge >= 0.3 is 0 Å². The molecule has 1 amide bonds. The van der Waals surface area contributed by atoms with Crippen molar-refractivity contribution in [2.75, 3.05) is 20.2 Å². The molecule has 2 aromatic rings. The summed E-state index contributed by atoms with van der Waals surface area (Å²) in [4.78, 5) is 17.7. The Balaban J connectivity index is 1.72. The van der Waals surface area contributed by atoms with E-state index in [1.807, 2.05) is 0 Å². The second-order valence-corrected chi connectivity index (χ2v) is 4.97. The molecule has 0 bridgehead atoms. The molecule has 0 unspecified atom stereocenters. The van der Waals surface area contributed by atoms with Crippen LogP contribution in [0.4, 0.5) is 4.39 Å². The third kappa shape index (κ3) is 4.28. The Morgan fingerprint density at radius 2 is 2.14 bits per heavy atom. The van der Waals surface area contributed by atoms with Gasteiger partial charge in [0.25, 0.3) is 0 Å². The zero-order valence-corrected chi connectivity index (χ0v) is 12.6. The standard InChI is InChI=1S/C15H19FN4O2/c1-12(20-11-17-10-18-20)15(21)19(2)8-3-9-22-14-6-4-13(16)5-7-14/h4-7,10-12H,3,8-9H2,1-2H3/t12-/m1/s1. The molecule has 0 aliphatic carbocycles. The molecule has 0 spiro atoms. The second kappa shape index (κ2) is 7.53. The van der Waals surface area contributed by atoms with E-state index in [-0.39, 0.29) is 17.8 Å². The van der Waals surface area contributed by atoms with Gasteiger partial charge in [0, 0.05) is 13.6 Å². The van der Waals surface area contributed by atoms with E-state index in [1.165, 1.54) is 29.5 Å². The average molecular weight is 306 g/mol. The van der Waals surface area contributed by atoms with E-state index in [9.17, 15) is 9.18 Å². The van der Waals surface area contributed by atoms with Crippen molar-refractivity contribution in [3.05, 3.63) is 42.7 Å². The minimum atomic E-state index is -0.384. The van der Waals surface area contributed by atoms with E-state index in [0.29, 0.717) is 25.3 Å². The molecule has 0 N–H and O–H groups in total. The van der Waals surface area contributed by atoms with Gasteiger partial charge in [0.2, 0.25) is 5.91 Å². The number of nitrogens with zero attached hydrogens (tertiary/aromatic N) is 4. The van der Waals surface area contributed by atoms with Crippen LogP contribution < -0.4 is 4.74 Å². The van der Waals surface area contributed by atoms with Gasteiger partial charge in [-0.15, -0.1) is 0 Å². The SMILES string of the molecule is C[C@H](C(=O)N(C)CCCOc1ccc(F)cc1)n1cncn1. The number of carbonyl (C=O) groups excluding carboxylic acids is 1. The highest BCUT2D eigenvalue weighted by molar-refractivity contribution is 5.79. The monoisotopic (exact) mass is 306 g/mol. The summed E-state index contributed by atoms with van der Waals surface area (Å²) in [6, 6.07) is 5.48. The highest BCUT2D eigenvalue weighted by Gasteiger charge is 2.19. The molecule has 1 aromatic carbocycles. The number of aromatic nitrogens is 3. The van der Waals surface area contributed by atoms with Crippen molar-refractivity contribution in [3.63, 3.8) is 0 Å². The maximum Gasteiger partial charge on any atom is 0.246 e. The number of carbonyl (C=O) groups is 1. The van der Waals surface area contributed by atoms with E-state index in [4.69, 9.17) is 4.74 Å². The zero-order valence-electron chi connectivity index (χ0n) is 12.6. The van der Waals surface area contributed by atoms with Crippen LogP contribution in [0, 0.1) is 5.82 Å². The number of hydrogen-bond acceptors (Lipinski definition) is 4. The fourth-order valence-corrected chi connectivity index (χ4v) is 1.98. The van der Waals surface area contributed by atoms with Crippen molar-refractivity contribution in [1.29, 1.82) is 0 Å². The average Bonchev–Trinajstić information content (AvgIpc) is 3.06. The van der Waals surface area contributed by atoms with Crippen molar-refractivity contribution < 1.29 is 13.9 Å². The number of amides is 1. The highest BCUT2D eigenvalue weighted by atomic mass is 19.1. The van der Waals surface area contributed by atoms with Gasteiger partial charge in [-0.25, -0.2) is 14.1 Å². The highest BCUT2D eigenvalue weighted by Crippen LogP contribution is 2.11. The van der Waals surface area contributed by atoms with Gasteiger partial charge < -0.3 is 9.64 Å². The molecule has 0 radical (unpaired) electrons. The van der Waals surface area contributed by atoms with Crippen LogP contribution in [0.5, 0.6) is 5.75 Å². The lowest BCUT2D eigenvalue weighted by Crippen LogP contribution is -2.34. The Bertz CT molecular complexity index is 586. The van der Waals surface area contributed by atoms with Crippen LogP contribution in [-0.2, 0) is 4.79 Å². The minimum Gasteiger partial charge on any atom is -0.494 e. The maximum atomic E-state index is 12.8. The summed E-state index contributed by atoms with van der Waals surface area (Å²) < 4.78 is 19.8. The third-order valence-electron chi connectivity index (χ3n) is 3.29. The van der Waals surface area contributed by atoms with Gasteiger partial charge in [-0.2, -0.15) is 5.10 Å². The number of halogens is 1. The molecule has 0 saturated heterocycles. The fourth-order valence-electron chi connectivity index (χ4n) is 1.98. The molecular weight excluding hydrogens is 287 g/mol. The molecule has 22 heavy (non-hydrogen) atoms. The first-order valence-electron chi connectivity index (χ1n) is 7.05. The molecule has 1 heterocycles. The molecule has 6 nitrogen and oxygen atoms in total. The van der Waals surface area contributed by atoms with E-state index < -0.39 is 0 Å². The molecule has 0 fully saturated rings. The van der Waals surface area contributed by atoms with Crippen LogP contribution >= 0.6 is 0 Å². The van der Waals surface area contributed by atoms with E-state index >= 15 is 0 Å².